The van der Waals surface area contributed by atoms with Gasteiger partial charge in [0, 0.05) is 19.4 Å². The number of rotatable bonds is 73. The van der Waals surface area contributed by atoms with Gasteiger partial charge in [-0.2, -0.15) is 0 Å². The summed E-state index contributed by atoms with van der Waals surface area (Å²) in [5.41, 5.74) is 5.41. The Bertz CT molecular complexity index is 1950. The zero-order valence-corrected chi connectivity index (χ0v) is 61.4. The Morgan fingerprint density at radius 3 is 0.882 bits per heavy atom. The van der Waals surface area contributed by atoms with E-state index in [1.54, 1.807) is 0 Å². The SMILES string of the molecule is CC/C=C\C/C=C\C/C=C\C/C=C\C/C=C\C/C=C\C/C=C\C/C=C\CCCCCCCCC(=O)OC(COC(=O)CCCCCCCCCCCCCCCCCCCCCCCCCCCCCCC/C=C\C/C=C\CCCCCCC)COP(=O)(O)OCCN. The van der Waals surface area contributed by atoms with Gasteiger partial charge in [0.1, 0.15) is 6.61 Å². The third kappa shape index (κ3) is 77.3. The number of unbranched alkanes of at least 4 members (excludes halogenated alkanes) is 40. The number of carbonyl (C=O) groups is 2. The molecule has 0 radical (unpaired) electrons. The number of allylic oxidation sites excluding steroid dienone is 20. The molecule has 2 unspecified atom stereocenters. The molecule has 3 N–H and O–H groups in total. The van der Waals surface area contributed by atoms with E-state index in [0.717, 1.165) is 116 Å². The molecule has 536 valence electrons. The van der Waals surface area contributed by atoms with Crippen LogP contribution >= 0.6 is 7.82 Å². The van der Waals surface area contributed by atoms with E-state index in [4.69, 9.17) is 24.3 Å². The lowest BCUT2D eigenvalue weighted by Crippen LogP contribution is -2.29. The van der Waals surface area contributed by atoms with Gasteiger partial charge in [-0.1, -0.05) is 360 Å². The number of carbonyl (C=O) groups excluding carboxylic acids is 2. The maximum Gasteiger partial charge on any atom is 0.472 e. The molecule has 0 saturated carbocycles. The average molecular weight is 1320 g/mol. The molecule has 0 aromatic heterocycles. The predicted octanol–water partition coefficient (Wildman–Crippen LogP) is 26.2. The minimum Gasteiger partial charge on any atom is -0.462 e. The molecule has 0 spiro atoms. The Kier molecular flexibility index (Phi) is 74.4. The van der Waals surface area contributed by atoms with Crippen molar-refractivity contribution in [2.24, 2.45) is 5.73 Å². The van der Waals surface area contributed by atoms with Crippen molar-refractivity contribution in [2.75, 3.05) is 26.4 Å². The first-order valence-corrected chi connectivity index (χ1v) is 40.5. The van der Waals surface area contributed by atoms with Crippen molar-refractivity contribution in [1.82, 2.24) is 0 Å². The molecule has 0 bridgehead atoms. The summed E-state index contributed by atoms with van der Waals surface area (Å²) < 4.78 is 33.2. The summed E-state index contributed by atoms with van der Waals surface area (Å²) in [4.78, 5) is 35.4. The van der Waals surface area contributed by atoms with Crippen molar-refractivity contribution in [3.63, 3.8) is 0 Å². The first-order chi connectivity index (χ1) is 45.8. The number of hydrogen-bond donors (Lipinski definition) is 2. The Morgan fingerprint density at radius 1 is 0.333 bits per heavy atom. The van der Waals surface area contributed by atoms with Gasteiger partial charge >= 0.3 is 19.8 Å². The highest BCUT2D eigenvalue weighted by atomic mass is 31.2. The van der Waals surface area contributed by atoms with Crippen LogP contribution in [0.5, 0.6) is 0 Å². The van der Waals surface area contributed by atoms with Gasteiger partial charge < -0.3 is 20.1 Å². The molecule has 0 aromatic carbocycles. The molecule has 10 heteroatoms. The highest BCUT2D eigenvalue weighted by Gasteiger charge is 2.26. The van der Waals surface area contributed by atoms with Crippen LogP contribution in [0.4, 0.5) is 0 Å². The van der Waals surface area contributed by atoms with Crippen LogP contribution in [0.15, 0.2) is 122 Å². The number of phosphoric acid groups is 1. The van der Waals surface area contributed by atoms with Crippen LogP contribution in [0.3, 0.4) is 0 Å². The van der Waals surface area contributed by atoms with Gasteiger partial charge in [0.05, 0.1) is 13.2 Å². The molecule has 0 aromatic rings. The number of ether oxygens (including phenoxy) is 2. The maximum absolute atomic E-state index is 12.8. The standard InChI is InChI=1S/C83H146NO8P/c1-3-5-7-9-11-13-15-17-19-21-23-25-27-29-31-33-35-36-37-38-39-40-41-42-43-44-46-47-49-51-53-55-57-59-61-63-65-67-69-71-73-75-82(85)89-79-81(80-91-93(87,88)90-78-77-84)92-83(86)76-74-72-70-68-66-64-62-60-58-56-54-52-50-48-45-34-32-30-28-26-24-22-20-18-16-14-12-10-8-6-4-2/h6,8,12,14-15,17-18,20-21,23-24,26,30,32,45,48,52,54,58,60,81H,3-5,7,9-11,13,16,19,22,25,27-29,31,33-44,46-47,49-51,53,55-57,59,61-80,84H2,1-2H3,(H,87,88)/b8-6-,14-12-,17-15-,20-18-,23-21-,26-24-,32-30-,48-45-,54-52-,60-58-. The smallest absolute Gasteiger partial charge is 0.462 e. The van der Waals surface area contributed by atoms with E-state index in [9.17, 15) is 19.0 Å². The van der Waals surface area contributed by atoms with Crippen LogP contribution < -0.4 is 5.73 Å². The topological polar surface area (TPSA) is 134 Å². The highest BCUT2D eigenvalue weighted by Crippen LogP contribution is 2.43. The zero-order chi connectivity index (χ0) is 67.2. The van der Waals surface area contributed by atoms with Crippen molar-refractivity contribution < 1.29 is 37.6 Å². The summed E-state index contributed by atoms with van der Waals surface area (Å²) in [7, 11) is -4.41. The van der Waals surface area contributed by atoms with Crippen molar-refractivity contribution in [2.45, 2.75) is 367 Å². The fourth-order valence-electron chi connectivity index (χ4n) is 11.1. The highest BCUT2D eigenvalue weighted by molar-refractivity contribution is 7.47. The molecule has 0 rings (SSSR count). The fourth-order valence-corrected chi connectivity index (χ4v) is 11.9. The molecule has 0 aliphatic carbocycles. The van der Waals surface area contributed by atoms with Crippen molar-refractivity contribution in [1.29, 1.82) is 0 Å². The third-order valence-corrected chi connectivity index (χ3v) is 17.8. The summed E-state index contributed by atoms with van der Waals surface area (Å²) in [6, 6.07) is 0. The molecule has 2 atom stereocenters. The molecule has 9 nitrogen and oxygen atoms in total. The molecule has 93 heavy (non-hydrogen) atoms. The number of nitrogens with two attached hydrogens (primary N) is 1. The van der Waals surface area contributed by atoms with Gasteiger partial charge in [0.15, 0.2) is 6.10 Å². The van der Waals surface area contributed by atoms with E-state index in [1.165, 1.54) is 212 Å². The summed E-state index contributed by atoms with van der Waals surface area (Å²) in [5, 5.41) is 0. The lowest BCUT2D eigenvalue weighted by atomic mass is 10.0. The Morgan fingerprint density at radius 2 is 0.591 bits per heavy atom. The lowest BCUT2D eigenvalue weighted by Gasteiger charge is -2.19. The summed E-state index contributed by atoms with van der Waals surface area (Å²) >= 11 is 0. The van der Waals surface area contributed by atoms with Crippen LogP contribution in [-0.2, 0) is 32.7 Å². The quantitative estimate of drug-likeness (QED) is 0.0264. The van der Waals surface area contributed by atoms with Crippen LogP contribution in [0.1, 0.15) is 361 Å². The van der Waals surface area contributed by atoms with Crippen LogP contribution in [0.2, 0.25) is 0 Å². The summed E-state index contributed by atoms with van der Waals surface area (Å²) in [5.74, 6) is -0.838. The molecule has 0 amide bonds. The van der Waals surface area contributed by atoms with Gasteiger partial charge in [0.2, 0.25) is 0 Å². The van der Waals surface area contributed by atoms with E-state index in [1.807, 2.05) is 0 Å². The van der Waals surface area contributed by atoms with Gasteiger partial charge in [-0.3, -0.25) is 18.6 Å². The Labute approximate surface area is 574 Å². The molecule has 0 aliphatic rings. The van der Waals surface area contributed by atoms with Crippen molar-refractivity contribution in [3.05, 3.63) is 122 Å². The zero-order valence-electron chi connectivity index (χ0n) is 60.5. The Balaban J connectivity index is 3.83. The van der Waals surface area contributed by atoms with E-state index < -0.39 is 26.5 Å². The second-order valence-corrected chi connectivity index (χ2v) is 27.3. The van der Waals surface area contributed by atoms with E-state index in [-0.39, 0.29) is 38.6 Å². The first-order valence-electron chi connectivity index (χ1n) is 39.0. The maximum atomic E-state index is 12.8. The van der Waals surface area contributed by atoms with Gasteiger partial charge in [-0.05, 0) is 109 Å². The largest absolute Gasteiger partial charge is 0.472 e. The second-order valence-electron chi connectivity index (χ2n) is 25.8. The van der Waals surface area contributed by atoms with Gasteiger partial charge in [0.25, 0.3) is 0 Å². The van der Waals surface area contributed by atoms with Crippen LogP contribution in [0.25, 0.3) is 0 Å². The van der Waals surface area contributed by atoms with Crippen LogP contribution in [-0.4, -0.2) is 49.3 Å². The second kappa shape index (κ2) is 77.4. The number of hydrogen-bond acceptors (Lipinski definition) is 8. The van der Waals surface area contributed by atoms with E-state index >= 15 is 0 Å². The third-order valence-electron chi connectivity index (χ3n) is 16.8. The molecule has 0 aliphatic heterocycles. The molecule has 0 fully saturated rings. The number of phosphoric ester groups is 1. The number of esters is 2. The molecular formula is C83H146NO8P. The monoisotopic (exact) mass is 1320 g/mol. The van der Waals surface area contributed by atoms with Crippen LogP contribution in [0, 0.1) is 0 Å². The minimum absolute atomic E-state index is 0.0465. The first kappa shape index (κ1) is 89.4. The summed E-state index contributed by atoms with van der Waals surface area (Å²) in [6.45, 7) is 3.63. The van der Waals surface area contributed by atoms with E-state index in [0.29, 0.717) is 6.42 Å². The summed E-state index contributed by atoms with van der Waals surface area (Å²) in [6.07, 6.45) is 109. The van der Waals surface area contributed by atoms with Crippen molar-refractivity contribution >= 4 is 19.8 Å². The average Bonchev–Trinajstić information content (AvgIpc) is 3.70. The van der Waals surface area contributed by atoms with Gasteiger partial charge in [-0.25, -0.2) is 4.57 Å². The fraction of sp³-hybridized carbons (Fsp3) is 0.735. The predicted molar refractivity (Wildman–Crippen MR) is 404 cm³/mol. The lowest BCUT2D eigenvalue weighted by molar-refractivity contribution is -0.161. The van der Waals surface area contributed by atoms with Gasteiger partial charge in [-0.15, -0.1) is 0 Å². The molecule has 0 heterocycles. The minimum atomic E-state index is -4.41. The normalized spacial score (nSPS) is 13.5. The van der Waals surface area contributed by atoms with E-state index in [2.05, 4.69) is 135 Å². The Hall–Kier alpha value is -3.59. The van der Waals surface area contributed by atoms with Crippen molar-refractivity contribution in [3.8, 4) is 0 Å². The molecule has 0 saturated heterocycles. The molecular weight excluding hydrogens is 1170 g/mol.